The zero-order valence-corrected chi connectivity index (χ0v) is 9.40. The number of benzene rings is 1. The standard InChI is InChI=1S/C12H15N3O2/c13-11(16)8-4-1-2-5-9(8)15-12(17)10-6-3-7-14-10/h1-2,4-5,10,14H,3,6-7H2,(H2,13,16)(H,15,17). The third-order valence-corrected chi connectivity index (χ3v) is 2.83. The third-order valence-electron chi connectivity index (χ3n) is 2.83. The van der Waals surface area contributed by atoms with E-state index in [1.54, 1.807) is 24.3 Å². The van der Waals surface area contributed by atoms with Gasteiger partial charge in [0.2, 0.25) is 5.91 Å². The van der Waals surface area contributed by atoms with Crippen molar-refractivity contribution in [3.63, 3.8) is 0 Å². The lowest BCUT2D eigenvalue weighted by Gasteiger charge is -2.12. The second kappa shape index (κ2) is 4.97. The molecule has 2 rings (SSSR count). The molecule has 1 aliphatic rings. The number of hydrogen-bond donors (Lipinski definition) is 3. The van der Waals surface area contributed by atoms with Gasteiger partial charge in [0.1, 0.15) is 0 Å². The first-order valence-electron chi connectivity index (χ1n) is 5.61. The molecule has 5 heteroatoms. The van der Waals surface area contributed by atoms with Gasteiger partial charge in [-0.3, -0.25) is 9.59 Å². The molecule has 5 nitrogen and oxygen atoms in total. The van der Waals surface area contributed by atoms with E-state index in [1.165, 1.54) is 0 Å². The maximum absolute atomic E-state index is 11.9. The zero-order valence-electron chi connectivity index (χ0n) is 9.40. The Balaban J connectivity index is 2.12. The highest BCUT2D eigenvalue weighted by molar-refractivity contribution is 6.04. The van der Waals surface area contributed by atoms with Crippen molar-refractivity contribution in [2.75, 3.05) is 11.9 Å². The first-order chi connectivity index (χ1) is 8.18. The fourth-order valence-corrected chi connectivity index (χ4v) is 1.94. The van der Waals surface area contributed by atoms with Crippen LogP contribution in [0, 0.1) is 0 Å². The Hall–Kier alpha value is -1.88. The molecule has 17 heavy (non-hydrogen) atoms. The van der Waals surface area contributed by atoms with Crippen molar-refractivity contribution >= 4 is 17.5 Å². The Kier molecular flexibility index (Phi) is 3.39. The molecule has 1 fully saturated rings. The molecule has 4 N–H and O–H groups in total. The van der Waals surface area contributed by atoms with E-state index in [1.807, 2.05) is 0 Å². The largest absolute Gasteiger partial charge is 0.366 e. The number of nitrogens with one attached hydrogen (secondary N) is 2. The van der Waals surface area contributed by atoms with Crippen LogP contribution in [0.25, 0.3) is 0 Å². The number of hydrogen-bond acceptors (Lipinski definition) is 3. The van der Waals surface area contributed by atoms with E-state index < -0.39 is 5.91 Å². The van der Waals surface area contributed by atoms with Crippen LogP contribution in [0.1, 0.15) is 23.2 Å². The van der Waals surface area contributed by atoms with Crippen LogP contribution in [0.4, 0.5) is 5.69 Å². The number of nitrogens with two attached hydrogens (primary N) is 1. The van der Waals surface area contributed by atoms with Crippen LogP contribution in [0.15, 0.2) is 24.3 Å². The molecule has 0 radical (unpaired) electrons. The molecular weight excluding hydrogens is 218 g/mol. The van der Waals surface area contributed by atoms with Gasteiger partial charge in [-0.05, 0) is 31.5 Å². The van der Waals surface area contributed by atoms with Crippen molar-refractivity contribution in [3.05, 3.63) is 29.8 Å². The van der Waals surface area contributed by atoms with Crippen LogP contribution < -0.4 is 16.4 Å². The lowest BCUT2D eigenvalue weighted by Crippen LogP contribution is -2.36. The summed E-state index contributed by atoms with van der Waals surface area (Å²) in [6.07, 6.45) is 1.82. The zero-order chi connectivity index (χ0) is 12.3. The van der Waals surface area contributed by atoms with E-state index in [2.05, 4.69) is 10.6 Å². The lowest BCUT2D eigenvalue weighted by molar-refractivity contribution is -0.117. The third kappa shape index (κ3) is 2.62. The summed E-state index contributed by atoms with van der Waals surface area (Å²) >= 11 is 0. The molecule has 0 saturated carbocycles. The summed E-state index contributed by atoms with van der Waals surface area (Å²) in [5, 5.41) is 5.83. The lowest BCUT2D eigenvalue weighted by atomic mass is 10.1. The summed E-state index contributed by atoms with van der Waals surface area (Å²) < 4.78 is 0. The SMILES string of the molecule is NC(=O)c1ccccc1NC(=O)C1CCCN1. The van der Waals surface area contributed by atoms with E-state index in [-0.39, 0.29) is 11.9 Å². The van der Waals surface area contributed by atoms with Crippen molar-refractivity contribution < 1.29 is 9.59 Å². The highest BCUT2D eigenvalue weighted by Gasteiger charge is 2.22. The Morgan fingerprint density at radius 3 is 2.76 bits per heavy atom. The monoisotopic (exact) mass is 233 g/mol. The molecule has 1 unspecified atom stereocenters. The quantitative estimate of drug-likeness (QED) is 0.709. The number of anilines is 1. The summed E-state index contributed by atoms with van der Waals surface area (Å²) in [7, 11) is 0. The van der Waals surface area contributed by atoms with Gasteiger partial charge in [0.15, 0.2) is 0 Å². The van der Waals surface area contributed by atoms with Gasteiger partial charge in [-0.15, -0.1) is 0 Å². The van der Waals surface area contributed by atoms with Crippen molar-refractivity contribution in [3.8, 4) is 0 Å². The van der Waals surface area contributed by atoms with Gasteiger partial charge >= 0.3 is 0 Å². The Morgan fingerprint density at radius 1 is 1.35 bits per heavy atom. The minimum absolute atomic E-state index is 0.115. The summed E-state index contributed by atoms with van der Waals surface area (Å²) in [4.78, 5) is 23.0. The van der Waals surface area contributed by atoms with Crippen LogP contribution >= 0.6 is 0 Å². The van der Waals surface area contributed by atoms with Crippen LogP contribution in [0.3, 0.4) is 0 Å². The average Bonchev–Trinajstić information content (AvgIpc) is 2.83. The molecule has 0 aromatic heterocycles. The molecule has 1 atom stereocenters. The topological polar surface area (TPSA) is 84.2 Å². The number of carbonyl (C=O) groups excluding carboxylic acids is 2. The van der Waals surface area contributed by atoms with Crippen LogP contribution in [0.2, 0.25) is 0 Å². The van der Waals surface area contributed by atoms with Gasteiger partial charge in [-0.2, -0.15) is 0 Å². The number of primary amides is 1. The van der Waals surface area contributed by atoms with Crippen LogP contribution in [0.5, 0.6) is 0 Å². The van der Waals surface area contributed by atoms with Gasteiger partial charge in [0.25, 0.3) is 5.91 Å². The van der Waals surface area contributed by atoms with Crippen LogP contribution in [-0.4, -0.2) is 24.4 Å². The molecule has 1 aromatic carbocycles. The van der Waals surface area contributed by atoms with Crippen molar-refractivity contribution in [1.82, 2.24) is 5.32 Å². The smallest absolute Gasteiger partial charge is 0.250 e. The highest BCUT2D eigenvalue weighted by Crippen LogP contribution is 2.16. The molecule has 0 aliphatic carbocycles. The van der Waals surface area contributed by atoms with E-state index in [0.717, 1.165) is 19.4 Å². The average molecular weight is 233 g/mol. The summed E-state index contributed by atoms with van der Waals surface area (Å²) in [5.41, 5.74) is 6.04. The molecule has 2 amide bonds. The predicted molar refractivity (Wildman–Crippen MR) is 64.6 cm³/mol. The summed E-state index contributed by atoms with van der Waals surface area (Å²) in [6.45, 7) is 0.857. The number of para-hydroxylation sites is 1. The van der Waals surface area contributed by atoms with Gasteiger partial charge in [0, 0.05) is 0 Å². The number of rotatable bonds is 3. The van der Waals surface area contributed by atoms with E-state index >= 15 is 0 Å². The predicted octanol–water partition coefficient (Wildman–Crippen LogP) is 0.476. The number of amides is 2. The van der Waals surface area contributed by atoms with Gasteiger partial charge in [-0.25, -0.2) is 0 Å². The fourth-order valence-electron chi connectivity index (χ4n) is 1.94. The molecule has 1 aliphatic heterocycles. The van der Waals surface area contributed by atoms with E-state index in [9.17, 15) is 9.59 Å². The summed E-state index contributed by atoms with van der Waals surface area (Å²) in [6, 6.07) is 6.57. The fraction of sp³-hybridized carbons (Fsp3) is 0.333. The normalized spacial score (nSPS) is 18.9. The maximum atomic E-state index is 11.9. The minimum atomic E-state index is -0.541. The molecule has 1 heterocycles. The van der Waals surface area contributed by atoms with Gasteiger partial charge in [-0.1, -0.05) is 12.1 Å². The first-order valence-corrected chi connectivity index (χ1v) is 5.61. The second-order valence-corrected chi connectivity index (χ2v) is 4.05. The molecule has 90 valence electrons. The first kappa shape index (κ1) is 11.6. The van der Waals surface area contributed by atoms with Gasteiger partial charge in [0.05, 0.1) is 17.3 Å². The Labute approximate surface area is 99.4 Å². The Morgan fingerprint density at radius 2 is 2.12 bits per heavy atom. The molecular formula is C12H15N3O2. The molecule has 1 saturated heterocycles. The minimum Gasteiger partial charge on any atom is -0.366 e. The highest BCUT2D eigenvalue weighted by atomic mass is 16.2. The summed E-state index contributed by atoms with van der Waals surface area (Å²) in [5.74, 6) is -0.656. The molecule has 0 bridgehead atoms. The van der Waals surface area contributed by atoms with Crippen molar-refractivity contribution in [1.29, 1.82) is 0 Å². The second-order valence-electron chi connectivity index (χ2n) is 4.05. The maximum Gasteiger partial charge on any atom is 0.250 e. The van der Waals surface area contributed by atoms with Gasteiger partial charge < -0.3 is 16.4 Å². The Bertz CT molecular complexity index is 439. The number of carbonyl (C=O) groups is 2. The molecule has 0 spiro atoms. The van der Waals surface area contributed by atoms with E-state index in [4.69, 9.17) is 5.73 Å². The molecule has 1 aromatic rings. The van der Waals surface area contributed by atoms with Crippen molar-refractivity contribution in [2.45, 2.75) is 18.9 Å². The van der Waals surface area contributed by atoms with E-state index in [0.29, 0.717) is 11.3 Å². The van der Waals surface area contributed by atoms with Crippen molar-refractivity contribution in [2.24, 2.45) is 5.73 Å². The van der Waals surface area contributed by atoms with Crippen LogP contribution in [-0.2, 0) is 4.79 Å².